The Labute approximate surface area is 89.7 Å². The molecule has 0 aliphatic carbocycles. The molecule has 0 aromatic heterocycles. The summed E-state index contributed by atoms with van der Waals surface area (Å²) in [6, 6.07) is 5.84. The lowest BCUT2D eigenvalue weighted by atomic mass is 9.95. The van der Waals surface area contributed by atoms with Crippen LogP contribution in [0.2, 0.25) is 0 Å². The molecule has 0 saturated heterocycles. The van der Waals surface area contributed by atoms with E-state index in [1.54, 1.807) is 0 Å². The van der Waals surface area contributed by atoms with Gasteiger partial charge < -0.3 is 9.64 Å². The van der Waals surface area contributed by atoms with Gasteiger partial charge in [0.05, 0.1) is 12.7 Å². The molecule has 0 unspecified atom stereocenters. The van der Waals surface area contributed by atoms with E-state index in [9.17, 15) is 4.79 Å². The fourth-order valence-electron chi connectivity index (χ4n) is 2.05. The zero-order chi connectivity index (χ0) is 10.8. The van der Waals surface area contributed by atoms with E-state index >= 15 is 0 Å². The molecule has 3 nitrogen and oxygen atoms in total. The van der Waals surface area contributed by atoms with Gasteiger partial charge in [-0.15, -0.1) is 0 Å². The molecular weight excluding hydrogens is 190 g/mol. The smallest absolute Gasteiger partial charge is 0.338 e. The number of esters is 1. The molecule has 0 fully saturated rings. The predicted molar refractivity (Wildman–Crippen MR) is 57.8 cm³/mol. The first-order chi connectivity index (χ1) is 7.22. The zero-order valence-electron chi connectivity index (χ0n) is 9.12. The number of fused-ring (bicyclic) bond motifs is 1. The first kappa shape index (κ1) is 10.2. The minimum absolute atomic E-state index is 0.226. The highest BCUT2D eigenvalue weighted by Gasteiger charge is 2.19. The van der Waals surface area contributed by atoms with E-state index in [4.69, 9.17) is 4.74 Å². The van der Waals surface area contributed by atoms with Crippen molar-refractivity contribution in [3.05, 3.63) is 34.9 Å². The molecule has 1 aromatic rings. The van der Waals surface area contributed by atoms with Crippen molar-refractivity contribution in [1.29, 1.82) is 0 Å². The van der Waals surface area contributed by atoms with Crippen LogP contribution in [0.3, 0.4) is 0 Å². The first-order valence-electron chi connectivity index (χ1n) is 5.10. The van der Waals surface area contributed by atoms with Gasteiger partial charge in [0, 0.05) is 13.1 Å². The number of hydrogen-bond donors (Lipinski definition) is 0. The van der Waals surface area contributed by atoms with Gasteiger partial charge in [0.25, 0.3) is 0 Å². The van der Waals surface area contributed by atoms with Crippen LogP contribution in [0.5, 0.6) is 0 Å². The molecular formula is C12H15NO2. The highest BCUT2D eigenvalue weighted by molar-refractivity contribution is 5.91. The number of hydrogen-bond acceptors (Lipinski definition) is 3. The lowest BCUT2D eigenvalue weighted by Gasteiger charge is -2.26. The van der Waals surface area contributed by atoms with Crippen LogP contribution in [0.1, 0.15) is 21.5 Å². The number of rotatable bonds is 1. The van der Waals surface area contributed by atoms with Gasteiger partial charge in [-0.1, -0.05) is 12.1 Å². The molecule has 1 aliphatic heterocycles. The van der Waals surface area contributed by atoms with Gasteiger partial charge in [0.1, 0.15) is 0 Å². The molecule has 0 amide bonds. The van der Waals surface area contributed by atoms with Crippen LogP contribution in [-0.2, 0) is 17.7 Å². The third-order valence-electron chi connectivity index (χ3n) is 2.86. The van der Waals surface area contributed by atoms with Gasteiger partial charge in [-0.25, -0.2) is 4.79 Å². The van der Waals surface area contributed by atoms with Crippen molar-refractivity contribution in [1.82, 2.24) is 4.90 Å². The number of carbonyl (C=O) groups is 1. The van der Waals surface area contributed by atoms with Crippen LogP contribution in [0, 0.1) is 0 Å². The Balaban J connectivity index is 2.42. The van der Waals surface area contributed by atoms with Crippen LogP contribution in [0.25, 0.3) is 0 Å². The molecule has 0 N–H and O–H groups in total. The molecule has 0 radical (unpaired) electrons. The largest absolute Gasteiger partial charge is 0.465 e. The Kier molecular flexibility index (Phi) is 2.73. The van der Waals surface area contributed by atoms with Crippen LogP contribution in [0.4, 0.5) is 0 Å². The van der Waals surface area contributed by atoms with E-state index in [2.05, 4.69) is 18.0 Å². The van der Waals surface area contributed by atoms with Gasteiger partial charge in [-0.3, -0.25) is 0 Å². The molecule has 1 aromatic carbocycles. The van der Waals surface area contributed by atoms with Gasteiger partial charge in [-0.2, -0.15) is 0 Å². The highest BCUT2D eigenvalue weighted by atomic mass is 16.5. The van der Waals surface area contributed by atoms with Gasteiger partial charge in [0.2, 0.25) is 0 Å². The van der Waals surface area contributed by atoms with E-state index in [0.717, 1.165) is 30.6 Å². The molecule has 2 rings (SSSR count). The summed E-state index contributed by atoms with van der Waals surface area (Å²) < 4.78 is 4.78. The average Bonchev–Trinajstić information content (AvgIpc) is 2.26. The van der Waals surface area contributed by atoms with Crippen molar-refractivity contribution >= 4 is 5.97 Å². The normalized spacial score (nSPS) is 15.9. The number of methoxy groups -OCH3 is 1. The zero-order valence-corrected chi connectivity index (χ0v) is 9.12. The third kappa shape index (κ3) is 1.88. The lowest BCUT2D eigenvalue weighted by molar-refractivity contribution is 0.0598. The Hall–Kier alpha value is -1.35. The second-order valence-electron chi connectivity index (χ2n) is 3.92. The van der Waals surface area contributed by atoms with Gasteiger partial charge in [0.15, 0.2) is 0 Å². The molecule has 3 heteroatoms. The summed E-state index contributed by atoms with van der Waals surface area (Å²) in [6.07, 6.45) is 0.928. The fourth-order valence-corrected chi connectivity index (χ4v) is 2.05. The van der Waals surface area contributed by atoms with E-state index in [0.29, 0.717) is 0 Å². The Morgan fingerprint density at radius 3 is 3.00 bits per heavy atom. The number of benzene rings is 1. The summed E-state index contributed by atoms with van der Waals surface area (Å²) in [4.78, 5) is 13.8. The molecule has 0 spiro atoms. The second-order valence-corrected chi connectivity index (χ2v) is 3.92. The van der Waals surface area contributed by atoms with Crippen molar-refractivity contribution in [2.75, 3.05) is 20.7 Å². The van der Waals surface area contributed by atoms with Gasteiger partial charge in [-0.05, 0) is 30.7 Å². The SMILES string of the molecule is COC(=O)c1cccc2c1CCN(C)C2. The average molecular weight is 205 g/mol. The van der Waals surface area contributed by atoms with E-state index in [1.807, 2.05) is 12.1 Å². The molecule has 15 heavy (non-hydrogen) atoms. The minimum atomic E-state index is -0.226. The van der Waals surface area contributed by atoms with Crippen LogP contribution < -0.4 is 0 Å². The molecule has 0 bridgehead atoms. The number of ether oxygens (including phenoxy) is 1. The van der Waals surface area contributed by atoms with Crippen LogP contribution in [0.15, 0.2) is 18.2 Å². The highest BCUT2D eigenvalue weighted by Crippen LogP contribution is 2.22. The quantitative estimate of drug-likeness (QED) is 0.650. The van der Waals surface area contributed by atoms with Crippen molar-refractivity contribution in [3.8, 4) is 0 Å². The molecule has 1 aliphatic rings. The second kappa shape index (κ2) is 4.03. The van der Waals surface area contributed by atoms with E-state index in [-0.39, 0.29) is 5.97 Å². The summed E-state index contributed by atoms with van der Waals surface area (Å²) in [5.41, 5.74) is 3.12. The lowest BCUT2D eigenvalue weighted by Crippen LogP contribution is -2.28. The minimum Gasteiger partial charge on any atom is -0.465 e. The standard InChI is InChI=1S/C12H15NO2/c1-13-7-6-10-9(8-13)4-3-5-11(10)12(14)15-2/h3-5H,6-8H2,1-2H3. The molecule has 80 valence electrons. The van der Waals surface area contributed by atoms with Crippen molar-refractivity contribution in [2.24, 2.45) is 0 Å². The van der Waals surface area contributed by atoms with Crippen LogP contribution >= 0.6 is 0 Å². The summed E-state index contributed by atoms with van der Waals surface area (Å²) in [5, 5.41) is 0. The van der Waals surface area contributed by atoms with Crippen molar-refractivity contribution in [3.63, 3.8) is 0 Å². The predicted octanol–water partition coefficient (Wildman–Crippen LogP) is 1.46. The maximum absolute atomic E-state index is 11.5. The molecule has 0 saturated carbocycles. The topological polar surface area (TPSA) is 29.5 Å². The maximum Gasteiger partial charge on any atom is 0.338 e. The summed E-state index contributed by atoms with van der Waals surface area (Å²) in [5.74, 6) is -0.226. The molecule has 0 atom stereocenters. The van der Waals surface area contributed by atoms with E-state index in [1.165, 1.54) is 12.7 Å². The Morgan fingerprint density at radius 2 is 2.27 bits per heavy atom. The van der Waals surface area contributed by atoms with Crippen molar-refractivity contribution in [2.45, 2.75) is 13.0 Å². The third-order valence-corrected chi connectivity index (χ3v) is 2.86. The van der Waals surface area contributed by atoms with Gasteiger partial charge >= 0.3 is 5.97 Å². The molecule has 1 heterocycles. The first-order valence-corrected chi connectivity index (χ1v) is 5.10. The summed E-state index contributed by atoms with van der Waals surface area (Å²) in [6.45, 7) is 1.92. The summed E-state index contributed by atoms with van der Waals surface area (Å²) >= 11 is 0. The maximum atomic E-state index is 11.5. The Morgan fingerprint density at radius 1 is 1.47 bits per heavy atom. The summed E-state index contributed by atoms with van der Waals surface area (Å²) in [7, 11) is 3.52. The van der Waals surface area contributed by atoms with Crippen LogP contribution in [-0.4, -0.2) is 31.6 Å². The van der Waals surface area contributed by atoms with E-state index < -0.39 is 0 Å². The number of carbonyl (C=O) groups excluding carboxylic acids is 1. The Bertz CT molecular complexity index is 387. The fraction of sp³-hybridized carbons (Fsp3) is 0.417. The number of nitrogens with zero attached hydrogens (tertiary/aromatic N) is 1. The van der Waals surface area contributed by atoms with Crippen molar-refractivity contribution < 1.29 is 9.53 Å². The number of likely N-dealkylation sites (N-methyl/N-ethyl adjacent to an activating group) is 1. The monoisotopic (exact) mass is 205 g/mol.